The first-order chi connectivity index (χ1) is 8.02. The number of carbonyl (C=O) groups excluding carboxylic acids is 2. The average Bonchev–Trinajstić information content (AvgIpc) is 2.32. The molecule has 0 aromatic heterocycles. The summed E-state index contributed by atoms with van der Waals surface area (Å²) < 4.78 is 9.71. The van der Waals surface area contributed by atoms with Gasteiger partial charge in [-0.2, -0.15) is 0 Å². The second kappa shape index (κ2) is 5.68. The second-order valence-corrected chi connectivity index (χ2v) is 3.71. The Hall–Kier alpha value is -1.55. The van der Waals surface area contributed by atoms with E-state index >= 15 is 0 Å². The van der Waals surface area contributed by atoms with Crippen molar-refractivity contribution in [3.05, 3.63) is 28.3 Å². The zero-order valence-corrected chi connectivity index (χ0v) is 10.6. The van der Waals surface area contributed by atoms with E-state index in [0.717, 1.165) is 0 Å². The normalized spacial score (nSPS) is 9.88. The van der Waals surface area contributed by atoms with Crippen molar-refractivity contribution in [3.8, 4) is 5.75 Å². The van der Waals surface area contributed by atoms with Crippen LogP contribution in [0.1, 0.15) is 22.8 Å². The summed E-state index contributed by atoms with van der Waals surface area (Å²) in [6, 6.07) is 3.15. The van der Waals surface area contributed by atoms with Crippen LogP contribution in [0, 0.1) is 6.92 Å². The minimum absolute atomic E-state index is 0.145. The van der Waals surface area contributed by atoms with Crippen LogP contribution in [0.15, 0.2) is 12.1 Å². The number of Topliss-reactive ketones (excluding diaryl/α,β-unsaturated/α-hetero) is 1. The number of ether oxygens (including phenoxy) is 2. The summed E-state index contributed by atoms with van der Waals surface area (Å²) in [4.78, 5) is 23.3. The van der Waals surface area contributed by atoms with Gasteiger partial charge in [0.15, 0.2) is 0 Å². The molecular weight excluding hydrogens is 244 g/mol. The minimum Gasteiger partial charge on any atom is -0.496 e. The van der Waals surface area contributed by atoms with Crippen molar-refractivity contribution < 1.29 is 19.1 Å². The monoisotopic (exact) mass is 256 g/mol. The number of hydrogen-bond donors (Lipinski definition) is 0. The van der Waals surface area contributed by atoms with E-state index in [1.54, 1.807) is 26.0 Å². The third kappa shape index (κ3) is 2.77. The first kappa shape index (κ1) is 13.5. The van der Waals surface area contributed by atoms with Crippen LogP contribution in [0.5, 0.6) is 5.75 Å². The van der Waals surface area contributed by atoms with E-state index in [4.69, 9.17) is 16.3 Å². The van der Waals surface area contributed by atoms with E-state index < -0.39 is 11.8 Å². The highest BCUT2D eigenvalue weighted by Gasteiger charge is 2.24. The Morgan fingerprint density at radius 1 is 1.35 bits per heavy atom. The molecular formula is C12H13ClO4. The molecule has 0 aliphatic carbocycles. The molecule has 0 amide bonds. The minimum atomic E-state index is -0.906. The summed E-state index contributed by atoms with van der Waals surface area (Å²) in [5.74, 6) is -1.34. The van der Waals surface area contributed by atoms with E-state index in [-0.39, 0.29) is 12.2 Å². The highest BCUT2D eigenvalue weighted by Crippen LogP contribution is 2.28. The van der Waals surface area contributed by atoms with E-state index in [1.807, 2.05) is 0 Å². The Balaban J connectivity index is 3.24. The van der Waals surface area contributed by atoms with E-state index in [9.17, 15) is 9.59 Å². The topological polar surface area (TPSA) is 52.6 Å². The van der Waals surface area contributed by atoms with Gasteiger partial charge in [-0.25, -0.2) is 4.79 Å². The first-order valence-corrected chi connectivity index (χ1v) is 5.45. The van der Waals surface area contributed by atoms with Crippen LogP contribution >= 0.6 is 11.6 Å². The molecule has 17 heavy (non-hydrogen) atoms. The van der Waals surface area contributed by atoms with Gasteiger partial charge in [-0.1, -0.05) is 11.6 Å². The number of methoxy groups -OCH3 is 1. The summed E-state index contributed by atoms with van der Waals surface area (Å²) in [5.41, 5.74) is 0.655. The molecule has 0 bridgehead atoms. The van der Waals surface area contributed by atoms with Crippen LogP contribution in [0.3, 0.4) is 0 Å². The van der Waals surface area contributed by atoms with Crippen molar-refractivity contribution >= 4 is 23.4 Å². The summed E-state index contributed by atoms with van der Waals surface area (Å²) in [6.07, 6.45) is 0. The second-order valence-electron chi connectivity index (χ2n) is 3.30. The lowest BCUT2D eigenvalue weighted by Gasteiger charge is -2.11. The van der Waals surface area contributed by atoms with Gasteiger partial charge in [0.2, 0.25) is 0 Å². The van der Waals surface area contributed by atoms with Crippen molar-refractivity contribution in [1.29, 1.82) is 0 Å². The molecule has 0 N–H and O–H groups in total. The van der Waals surface area contributed by atoms with Gasteiger partial charge in [0.1, 0.15) is 5.75 Å². The molecule has 5 heteroatoms. The highest BCUT2D eigenvalue weighted by atomic mass is 35.5. The van der Waals surface area contributed by atoms with Gasteiger partial charge in [0.05, 0.1) is 19.3 Å². The molecule has 0 aliphatic heterocycles. The number of halogens is 1. The molecule has 0 saturated heterocycles. The van der Waals surface area contributed by atoms with Crippen molar-refractivity contribution in [3.63, 3.8) is 0 Å². The van der Waals surface area contributed by atoms with E-state index in [0.29, 0.717) is 16.3 Å². The standard InChI is InChI=1S/C12H13ClO4/c1-4-17-12(15)11(14)10-7(2)8(13)5-6-9(10)16-3/h5-6H,4H2,1-3H3. The zero-order valence-electron chi connectivity index (χ0n) is 9.87. The number of ketones is 1. The average molecular weight is 257 g/mol. The number of rotatable bonds is 4. The Kier molecular flexibility index (Phi) is 4.52. The van der Waals surface area contributed by atoms with E-state index in [2.05, 4.69) is 4.74 Å². The van der Waals surface area contributed by atoms with Crippen molar-refractivity contribution in [1.82, 2.24) is 0 Å². The molecule has 0 atom stereocenters. The Morgan fingerprint density at radius 2 is 2.00 bits per heavy atom. The fourth-order valence-corrected chi connectivity index (χ4v) is 1.57. The zero-order chi connectivity index (χ0) is 13.0. The lowest BCUT2D eigenvalue weighted by atomic mass is 10.0. The molecule has 0 heterocycles. The molecule has 0 radical (unpaired) electrons. The van der Waals surface area contributed by atoms with Crippen LogP contribution < -0.4 is 4.74 Å². The van der Waals surface area contributed by atoms with Crippen LogP contribution in [0.25, 0.3) is 0 Å². The maximum absolute atomic E-state index is 11.9. The number of benzene rings is 1. The lowest BCUT2D eigenvalue weighted by Crippen LogP contribution is -2.19. The Bertz CT molecular complexity index is 454. The van der Waals surface area contributed by atoms with Gasteiger partial charge in [-0.3, -0.25) is 4.79 Å². The largest absolute Gasteiger partial charge is 0.496 e. The molecule has 1 aromatic carbocycles. The van der Waals surface area contributed by atoms with Crippen LogP contribution in [0.4, 0.5) is 0 Å². The fraction of sp³-hybridized carbons (Fsp3) is 0.333. The Morgan fingerprint density at radius 3 is 2.53 bits per heavy atom. The maximum Gasteiger partial charge on any atom is 0.379 e. The van der Waals surface area contributed by atoms with Crippen molar-refractivity contribution in [2.45, 2.75) is 13.8 Å². The predicted molar refractivity (Wildman–Crippen MR) is 63.7 cm³/mol. The number of esters is 1. The number of carbonyl (C=O) groups is 2. The Labute approximate surface area is 104 Å². The van der Waals surface area contributed by atoms with Gasteiger partial charge >= 0.3 is 5.97 Å². The summed E-state index contributed by atoms with van der Waals surface area (Å²) in [6.45, 7) is 3.43. The first-order valence-electron chi connectivity index (χ1n) is 5.07. The fourth-order valence-electron chi connectivity index (χ4n) is 1.41. The molecule has 0 spiro atoms. The lowest BCUT2D eigenvalue weighted by molar-refractivity contribution is -0.137. The number of hydrogen-bond acceptors (Lipinski definition) is 4. The van der Waals surface area contributed by atoms with Gasteiger partial charge in [0, 0.05) is 5.02 Å². The van der Waals surface area contributed by atoms with Gasteiger partial charge in [-0.05, 0) is 31.5 Å². The van der Waals surface area contributed by atoms with Gasteiger partial charge in [-0.15, -0.1) is 0 Å². The molecule has 0 aliphatic rings. The molecule has 1 aromatic rings. The van der Waals surface area contributed by atoms with Crippen LogP contribution in [0.2, 0.25) is 5.02 Å². The molecule has 0 saturated carbocycles. The molecule has 1 rings (SSSR count). The summed E-state index contributed by atoms with van der Waals surface area (Å²) >= 11 is 5.91. The molecule has 4 nitrogen and oxygen atoms in total. The quantitative estimate of drug-likeness (QED) is 0.472. The van der Waals surface area contributed by atoms with Crippen LogP contribution in [-0.2, 0) is 9.53 Å². The smallest absolute Gasteiger partial charge is 0.379 e. The highest BCUT2D eigenvalue weighted by molar-refractivity contribution is 6.42. The van der Waals surface area contributed by atoms with E-state index in [1.165, 1.54) is 7.11 Å². The molecule has 92 valence electrons. The SMILES string of the molecule is CCOC(=O)C(=O)c1c(OC)ccc(Cl)c1C. The predicted octanol–water partition coefficient (Wildman–Crippen LogP) is 2.40. The van der Waals surface area contributed by atoms with Crippen molar-refractivity contribution in [2.75, 3.05) is 13.7 Å². The third-order valence-corrected chi connectivity index (χ3v) is 2.68. The maximum atomic E-state index is 11.9. The van der Waals surface area contributed by atoms with Crippen molar-refractivity contribution in [2.24, 2.45) is 0 Å². The summed E-state index contributed by atoms with van der Waals surface area (Å²) in [5, 5.41) is 0.401. The molecule has 0 fully saturated rings. The summed E-state index contributed by atoms with van der Waals surface area (Å²) in [7, 11) is 1.42. The van der Waals surface area contributed by atoms with Crippen LogP contribution in [-0.4, -0.2) is 25.5 Å². The van der Waals surface area contributed by atoms with Gasteiger partial charge in [0.25, 0.3) is 5.78 Å². The van der Waals surface area contributed by atoms with Gasteiger partial charge < -0.3 is 9.47 Å². The molecule has 0 unspecified atom stereocenters. The third-order valence-electron chi connectivity index (χ3n) is 2.27.